The number of rotatable bonds is 7. The summed E-state index contributed by atoms with van der Waals surface area (Å²) in [5.74, 6) is 0.941. The predicted octanol–water partition coefficient (Wildman–Crippen LogP) is 3.60. The number of esters is 1. The third-order valence-corrected chi connectivity index (χ3v) is 3.40. The SMILES string of the molecule is CCCOC(=O)c1ccc(Nc2ccc(OC)cc2OC)c(N)c1. The minimum absolute atomic E-state index is 0.378. The van der Waals surface area contributed by atoms with E-state index in [1.165, 1.54) is 0 Å². The van der Waals surface area contributed by atoms with Crippen LogP contribution in [0.4, 0.5) is 17.1 Å². The largest absolute Gasteiger partial charge is 0.497 e. The first-order valence-electron chi connectivity index (χ1n) is 7.64. The van der Waals surface area contributed by atoms with Crippen LogP contribution in [-0.2, 0) is 4.74 Å². The van der Waals surface area contributed by atoms with E-state index < -0.39 is 0 Å². The lowest BCUT2D eigenvalue weighted by Gasteiger charge is -2.14. The standard InChI is InChI=1S/C18H22N2O4/c1-4-9-24-18(21)12-5-7-15(14(19)10-12)20-16-8-6-13(22-2)11-17(16)23-3/h5-8,10-11,20H,4,9,19H2,1-3H3. The highest BCUT2D eigenvalue weighted by Gasteiger charge is 2.11. The summed E-state index contributed by atoms with van der Waals surface area (Å²) in [7, 11) is 3.17. The first kappa shape index (κ1) is 17.5. The van der Waals surface area contributed by atoms with Gasteiger partial charge in [0.2, 0.25) is 0 Å². The molecule has 128 valence electrons. The highest BCUT2D eigenvalue weighted by Crippen LogP contribution is 2.33. The van der Waals surface area contributed by atoms with Crippen molar-refractivity contribution in [2.24, 2.45) is 0 Å². The first-order chi connectivity index (χ1) is 11.6. The number of carbonyl (C=O) groups excluding carboxylic acids is 1. The van der Waals surface area contributed by atoms with Crippen LogP contribution in [0.3, 0.4) is 0 Å². The van der Waals surface area contributed by atoms with Crippen molar-refractivity contribution in [1.29, 1.82) is 0 Å². The van der Waals surface area contributed by atoms with Crippen molar-refractivity contribution in [2.45, 2.75) is 13.3 Å². The predicted molar refractivity (Wildman–Crippen MR) is 94.3 cm³/mol. The van der Waals surface area contributed by atoms with Crippen LogP contribution in [0.5, 0.6) is 11.5 Å². The summed E-state index contributed by atoms with van der Waals surface area (Å²) < 4.78 is 15.6. The molecule has 0 aromatic heterocycles. The van der Waals surface area contributed by atoms with Crippen molar-refractivity contribution in [3.8, 4) is 11.5 Å². The van der Waals surface area contributed by atoms with Crippen molar-refractivity contribution in [3.63, 3.8) is 0 Å². The Labute approximate surface area is 141 Å². The Hall–Kier alpha value is -2.89. The Bertz CT molecular complexity index is 716. The molecule has 2 rings (SSSR count). The normalized spacial score (nSPS) is 10.1. The molecule has 0 aliphatic heterocycles. The second kappa shape index (κ2) is 8.10. The Morgan fingerprint density at radius 2 is 1.83 bits per heavy atom. The van der Waals surface area contributed by atoms with Crippen LogP contribution in [0.25, 0.3) is 0 Å². The molecular weight excluding hydrogens is 308 g/mol. The molecule has 0 amide bonds. The van der Waals surface area contributed by atoms with Gasteiger partial charge in [-0.2, -0.15) is 0 Å². The molecule has 0 aliphatic rings. The number of nitrogen functional groups attached to an aromatic ring is 1. The number of hydrogen-bond acceptors (Lipinski definition) is 6. The van der Waals surface area contributed by atoms with E-state index in [0.717, 1.165) is 12.1 Å². The van der Waals surface area contributed by atoms with Gasteiger partial charge < -0.3 is 25.3 Å². The van der Waals surface area contributed by atoms with Gasteiger partial charge in [0.05, 0.1) is 43.5 Å². The maximum absolute atomic E-state index is 11.9. The molecule has 2 aromatic rings. The molecule has 0 saturated heterocycles. The molecule has 0 unspecified atom stereocenters. The number of ether oxygens (including phenoxy) is 3. The smallest absolute Gasteiger partial charge is 0.338 e. The average molecular weight is 330 g/mol. The van der Waals surface area contributed by atoms with E-state index in [2.05, 4.69) is 5.32 Å². The molecule has 0 saturated carbocycles. The summed E-state index contributed by atoms with van der Waals surface area (Å²) in [4.78, 5) is 11.9. The Balaban J connectivity index is 2.20. The molecular formula is C18H22N2O4. The molecule has 0 fully saturated rings. The fraction of sp³-hybridized carbons (Fsp3) is 0.278. The fourth-order valence-electron chi connectivity index (χ4n) is 2.13. The quantitative estimate of drug-likeness (QED) is 0.596. The minimum atomic E-state index is -0.378. The second-order valence-electron chi connectivity index (χ2n) is 5.13. The van der Waals surface area contributed by atoms with Gasteiger partial charge in [-0.3, -0.25) is 0 Å². The van der Waals surface area contributed by atoms with Gasteiger partial charge in [-0.15, -0.1) is 0 Å². The van der Waals surface area contributed by atoms with Gasteiger partial charge in [0.25, 0.3) is 0 Å². The first-order valence-corrected chi connectivity index (χ1v) is 7.64. The van der Waals surface area contributed by atoms with Gasteiger partial charge in [0, 0.05) is 6.07 Å². The topological polar surface area (TPSA) is 82.8 Å². The maximum Gasteiger partial charge on any atom is 0.338 e. The van der Waals surface area contributed by atoms with Crippen LogP contribution in [0.1, 0.15) is 23.7 Å². The summed E-state index contributed by atoms with van der Waals surface area (Å²) in [5, 5.41) is 3.19. The van der Waals surface area contributed by atoms with Gasteiger partial charge in [-0.1, -0.05) is 6.92 Å². The Morgan fingerprint density at radius 1 is 1.08 bits per heavy atom. The molecule has 0 radical (unpaired) electrons. The zero-order valence-electron chi connectivity index (χ0n) is 14.1. The van der Waals surface area contributed by atoms with Gasteiger partial charge in [-0.25, -0.2) is 4.79 Å². The maximum atomic E-state index is 11.9. The third kappa shape index (κ3) is 4.10. The summed E-state index contributed by atoms with van der Waals surface area (Å²) in [6.07, 6.45) is 0.776. The lowest BCUT2D eigenvalue weighted by atomic mass is 10.1. The molecule has 0 atom stereocenters. The van der Waals surface area contributed by atoms with Crippen molar-refractivity contribution in [3.05, 3.63) is 42.0 Å². The van der Waals surface area contributed by atoms with E-state index in [1.54, 1.807) is 38.5 Å². The molecule has 6 nitrogen and oxygen atoms in total. The second-order valence-corrected chi connectivity index (χ2v) is 5.13. The average Bonchev–Trinajstić information content (AvgIpc) is 2.61. The monoisotopic (exact) mass is 330 g/mol. The zero-order valence-corrected chi connectivity index (χ0v) is 14.1. The highest BCUT2D eigenvalue weighted by molar-refractivity contribution is 5.92. The highest BCUT2D eigenvalue weighted by atomic mass is 16.5. The van der Waals surface area contributed by atoms with Crippen LogP contribution >= 0.6 is 0 Å². The summed E-state index contributed by atoms with van der Waals surface area (Å²) in [5.41, 5.74) is 8.33. The molecule has 24 heavy (non-hydrogen) atoms. The lowest BCUT2D eigenvalue weighted by Crippen LogP contribution is -2.07. The fourth-order valence-corrected chi connectivity index (χ4v) is 2.13. The number of benzene rings is 2. The van der Waals surface area contributed by atoms with Crippen LogP contribution < -0.4 is 20.5 Å². The van der Waals surface area contributed by atoms with Gasteiger partial charge >= 0.3 is 5.97 Å². The van der Waals surface area contributed by atoms with E-state index in [1.807, 2.05) is 19.1 Å². The molecule has 0 bridgehead atoms. The third-order valence-electron chi connectivity index (χ3n) is 3.40. The van der Waals surface area contributed by atoms with Crippen molar-refractivity contribution < 1.29 is 19.0 Å². The van der Waals surface area contributed by atoms with Gasteiger partial charge in [0.15, 0.2) is 0 Å². The summed E-state index contributed by atoms with van der Waals surface area (Å²) in [6.45, 7) is 2.33. The Kier molecular flexibility index (Phi) is 5.89. The number of hydrogen-bond donors (Lipinski definition) is 2. The Morgan fingerprint density at radius 3 is 2.46 bits per heavy atom. The van der Waals surface area contributed by atoms with Crippen molar-refractivity contribution in [1.82, 2.24) is 0 Å². The molecule has 0 heterocycles. The van der Waals surface area contributed by atoms with Crippen molar-refractivity contribution in [2.75, 3.05) is 31.9 Å². The van der Waals surface area contributed by atoms with Crippen LogP contribution in [-0.4, -0.2) is 26.8 Å². The van der Waals surface area contributed by atoms with Gasteiger partial charge in [-0.05, 0) is 36.8 Å². The number of carbonyl (C=O) groups is 1. The van der Waals surface area contributed by atoms with Crippen LogP contribution in [0, 0.1) is 0 Å². The van der Waals surface area contributed by atoms with Crippen molar-refractivity contribution >= 4 is 23.0 Å². The molecule has 2 aromatic carbocycles. The number of anilines is 3. The van der Waals surface area contributed by atoms with E-state index in [-0.39, 0.29) is 5.97 Å². The lowest BCUT2D eigenvalue weighted by molar-refractivity contribution is 0.0505. The van der Waals surface area contributed by atoms with Crippen LogP contribution in [0.15, 0.2) is 36.4 Å². The van der Waals surface area contributed by atoms with Gasteiger partial charge in [0.1, 0.15) is 11.5 Å². The van der Waals surface area contributed by atoms with E-state index >= 15 is 0 Å². The zero-order chi connectivity index (χ0) is 17.5. The summed E-state index contributed by atoms with van der Waals surface area (Å²) in [6, 6.07) is 10.4. The molecule has 3 N–H and O–H groups in total. The number of nitrogens with two attached hydrogens (primary N) is 1. The summed E-state index contributed by atoms with van der Waals surface area (Å²) >= 11 is 0. The molecule has 6 heteroatoms. The number of nitrogens with one attached hydrogen (secondary N) is 1. The minimum Gasteiger partial charge on any atom is -0.497 e. The van der Waals surface area contributed by atoms with E-state index in [9.17, 15) is 4.79 Å². The molecule has 0 spiro atoms. The van der Waals surface area contributed by atoms with E-state index in [4.69, 9.17) is 19.9 Å². The molecule has 0 aliphatic carbocycles. The van der Waals surface area contributed by atoms with Crippen LogP contribution in [0.2, 0.25) is 0 Å². The number of methoxy groups -OCH3 is 2. The van der Waals surface area contributed by atoms with E-state index in [0.29, 0.717) is 35.0 Å².